The van der Waals surface area contributed by atoms with Crippen LogP contribution in [-0.2, 0) is 41.9 Å². The first-order valence-electron chi connectivity index (χ1n) is 20.8. The molecule has 16 heteroatoms. The molecule has 4 aromatic rings. The summed E-state index contributed by atoms with van der Waals surface area (Å²) in [6.07, 6.45) is 5.52. The van der Waals surface area contributed by atoms with Gasteiger partial charge in [-0.2, -0.15) is 15.1 Å². The topological polar surface area (TPSA) is 131 Å². The molecule has 2 fully saturated rings. The minimum Gasteiger partial charge on any atom is -0.467 e. The van der Waals surface area contributed by atoms with Crippen molar-refractivity contribution in [3.63, 3.8) is 0 Å². The Hall–Kier alpha value is -5.22. The molecule has 0 bridgehead atoms. The molecule has 15 nitrogen and oxygen atoms in total. The van der Waals surface area contributed by atoms with Crippen LogP contribution in [0.15, 0.2) is 30.3 Å². The number of fused-ring (bicyclic) bond motifs is 4. The Labute approximate surface area is 344 Å². The molecule has 0 spiro atoms. The molecule has 0 radical (unpaired) electrons. The summed E-state index contributed by atoms with van der Waals surface area (Å²) in [6.45, 7) is 6.79. The number of anilines is 2. The summed E-state index contributed by atoms with van der Waals surface area (Å²) >= 11 is 0. The third-order valence-electron chi connectivity index (χ3n) is 12.4. The van der Waals surface area contributed by atoms with Crippen molar-refractivity contribution in [2.75, 3.05) is 84.7 Å². The number of hydrogen-bond donors (Lipinski definition) is 0. The first-order chi connectivity index (χ1) is 28.5. The van der Waals surface area contributed by atoms with Gasteiger partial charge in [0.25, 0.3) is 5.91 Å². The van der Waals surface area contributed by atoms with Gasteiger partial charge < -0.3 is 38.5 Å². The predicted octanol–water partition coefficient (Wildman–Crippen LogP) is 5.26. The van der Waals surface area contributed by atoms with Crippen LogP contribution in [0.4, 0.5) is 20.7 Å². The maximum absolute atomic E-state index is 15.4. The maximum Gasteiger partial charge on any atom is 0.409 e. The Morgan fingerprint density at radius 3 is 2.58 bits per heavy atom. The molecular formula is C43H56FN9O6. The lowest BCUT2D eigenvalue weighted by Gasteiger charge is -2.36. The lowest BCUT2D eigenvalue weighted by Crippen LogP contribution is -2.48. The van der Waals surface area contributed by atoms with Gasteiger partial charge in [0.15, 0.2) is 12.5 Å². The molecule has 2 atom stereocenters. The van der Waals surface area contributed by atoms with E-state index in [0.29, 0.717) is 75.3 Å². The highest BCUT2D eigenvalue weighted by molar-refractivity contribution is 5.98. The number of hydrogen-bond acceptors (Lipinski definition) is 12. The van der Waals surface area contributed by atoms with Crippen LogP contribution >= 0.6 is 0 Å². The highest BCUT2D eigenvalue weighted by atomic mass is 19.1. The Kier molecular flexibility index (Phi) is 11.5. The van der Waals surface area contributed by atoms with Gasteiger partial charge in [0.05, 0.1) is 30.0 Å². The summed E-state index contributed by atoms with van der Waals surface area (Å²) in [4.78, 5) is 45.5. The molecule has 0 saturated carbocycles. The molecule has 0 aliphatic carbocycles. The third kappa shape index (κ3) is 7.96. The van der Waals surface area contributed by atoms with E-state index in [0.717, 1.165) is 84.4 Å². The Morgan fingerprint density at radius 1 is 0.949 bits per heavy atom. The summed E-state index contributed by atoms with van der Waals surface area (Å²) in [7, 11) is 8.44. The number of nitrogens with zero attached hydrogens (tertiary/aromatic N) is 9. The van der Waals surface area contributed by atoms with Gasteiger partial charge in [-0.05, 0) is 80.6 Å². The summed E-state index contributed by atoms with van der Waals surface area (Å²) in [5.74, 6) is 1.10. The number of amides is 2. The fourth-order valence-electron chi connectivity index (χ4n) is 9.45. The van der Waals surface area contributed by atoms with E-state index in [-0.39, 0.29) is 36.2 Å². The number of halogens is 1. The predicted molar refractivity (Wildman–Crippen MR) is 221 cm³/mol. The number of aromatic nitrogens is 4. The van der Waals surface area contributed by atoms with Gasteiger partial charge in [-0.1, -0.05) is 13.0 Å². The molecule has 316 valence electrons. The van der Waals surface area contributed by atoms with Gasteiger partial charge in [0, 0.05) is 83.7 Å². The average Bonchev–Trinajstić information content (AvgIpc) is 3.89. The van der Waals surface area contributed by atoms with Gasteiger partial charge in [-0.25, -0.2) is 9.18 Å². The van der Waals surface area contributed by atoms with Crippen molar-refractivity contribution in [2.45, 2.75) is 83.1 Å². The van der Waals surface area contributed by atoms with Gasteiger partial charge in [-0.15, -0.1) is 0 Å². The number of ether oxygens (including phenoxy) is 4. The number of carbonyl (C=O) groups is 2. The molecule has 2 amide bonds. The van der Waals surface area contributed by atoms with E-state index in [9.17, 15) is 9.59 Å². The zero-order chi connectivity index (χ0) is 41.4. The number of carbonyl (C=O) groups excluding carboxylic acids is 2. The van der Waals surface area contributed by atoms with E-state index in [2.05, 4.69) is 19.8 Å². The van der Waals surface area contributed by atoms with Gasteiger partial charge >= 0.3 is 12.1 Å². The second kappa shape index (κ2) is 16.8. The van der Waals surface area contributed by atoms with Crippen molar-refractivity contribution < 1.29 is 32.9 Å². The van der Waals surface area contributed by atoms with Crippen LogP contribution in [-0.4, -0.2) is 133 Å². The molecule has 8 rings (SSSR count). The van der Waals surface area contributed by atoms with Crippen molar-refractivity contribution in [3.05, 3.63) is 64.4 Å². The van der Waals surface area contributed by atoms with Gasteiger partial charge in [-0.3, -0.25) is 14.4 Å². The van der Waals surface area contributed by atoms with E-state index in [1.54, 1.807) is 40.2 Å². The van der Waals surface area contributed by atoms with Gasteiger partial charge in [0.1, 0.15) is 30.6 Å². The molecule has 2 aromatic heterocycles. The second-order valence-corrected chi connectivity index (χ2v) is 16.6. The molecule has 4 aliphatic rings. The molecule has 59 heavy (non-hydrogen) atoms. The zero-order valence-electron chi connectivity index (χ0n) is 35.1. The molecule has 2 saturated heterocycles. The van der Waals surface area contributed by atoms with Crippen LogP contribution < -0.4 is 19.3 Å². The number of methoxy groups -OCH3 is 1. The molecule has 2 aromatic carbocycles. The largest absolute Gasteiger partial charge is 0.467 e. The van der Waals surface area contributed by atoms with Crippen molar-refractivity contribution in [2.24, 2.45) is 0 Å². The summed E-state index contributed by atoms with van der Waals surface area (Å²) in [5, 5.41) is 6.43. The van der Waals surface area contributed by atoms with Crippen LogP contribution in [0.25, 0.3) is 10.8 Å². The van der Waals surface area contributed by atoms with Crippen molar-refractivity contribution >= 4 is 34.3 Å². The van der Waals surface area contributed by atoms with Crippen LogP contribution in [0, 0.1) is 5.82 Å². The Balaban J connectivity index is 1.14. The summed E-state index contributed by atoms with van der Waals surface area (Å²) < 4.78 is 40.9. The van der Waals surface area contributed by atoms with E-state index in [1.165, 1.54) is 11.0 Å². The van der Waals surface area contributed by atoms with Crippen molar-refractivity contribution in [1.29, 1.82) is 0 Å². The minimum atomic E-state index is -0.336. The lowest BCUT2D eigenvalue weighted by molar-refractivity contribution is 0.0483. The second-order valence-electron chi connectivity index (χ2n) is 16.6. The molecule has 6 heterocycles. The quantitative estimate of drug-likeness (QED) is 0.173. The Bertz CT molecular complexity index is 2210. The number of benzene rings is 2. The zero-order valence-corrected chi connectivity index (χ0v) is 35.1. The SMILES string of the molecule is CCc1c(F)ccc2cc(OCOC)cc(N3CCc4c(nc(OC[C@]56CCCN5[C@H](COC(=O)N(C)C)CC6)nc4N4CCCn5nc(C(=O)N(C)C)cc5C4)C3)c12. The maximum atomic E-state index is 15.4. The summed E-state index contributed by atoms with van der Waals surface area (Å²) in [6, 6.07) is 9.58. The monoisotopic (exact) mass is 813 g/mol. The van der Waals surface area contributed by atoms with Crippen LogP contribution in [0.2, 0.25) is 0 Å². The lowest BCUT2D eigenvalue weighted by atomic mass is 9.95. The first-order valence-corrected chi connectivity index (χ1v) is 20.8. The third-order valence-corrected chi connectivity index (χ3v) is 12.4. The summed E-state index contributed by atoms with van der Waals surface area (Å²) in [5.41, 5.74) is 4.61. The number of aryl methyl sites for hydroxylation is 2. The molecule has 0 unspecified atom stereocenters. The van der Waals surface area contributed by atoms with E-state index in [4.69, 9.17) is 28.9 Å². The number of rotatable bonds is 12. The highest BCUT2D eigenvalue weighted by Crippen LogP contribution is 2.44. The van der Waals surface area contributed by atoms with Crippen molar-refractivity contribution in [1.82, 2.24) is 34.4 Å². The van der Waals surface area contributed by atoms with E-state index < -0.39 is 0 Å². The normalized spacial score (nSPS) is 20.2. The van der Waals surface area contributed by atoms with E-state index >= 15 is 4.39 Å². The average molecular weight is 814 g/mol. The molecule has 0 N–H and O–H groups in total. The fourth-order valence-corrected chi connectivity index (χ4v) is 9.45. The van der Waals surface area contributed by atoms with Crippen LogP contribution in [0.3, 0.4) is 0 Å². The minimum absolute atomic E-state index is 0.0906. The van der Waals surface area contributed by atoms with Crippen LogP contribution in [0.1, 0.15) is 72.0 Å². The molecule has 4 aliphatic heterocycles. The first kappa shape index (κ1) is 40.6. The Morgan fingerprint density at radius 2 is 1.80 bits per heavy atom. The van der Waals surface area contributed by atoms with E-state index in [1.807, 2.05) is 35.9 Å². The fraction of sp³-hybridized carbons (Fsp3) is 0.558. The van der Waals surface area contributed by atoms with Crippen molar-refractivity contribution in [3.8, 4) is 11.8 Å². The molecular weight excluding hydrogens is 758 g/mol. The smallest absolute Gasteiger partial charge is 0.409 e. The highest BCUT2D eigenvalue weighted by Gasteiger charge is 2.50. The van der Waals surface area contributed by atoms with Crippen LogP contribution in [0.5, 0.6) is 11.8 Å². The van der Waals surface area contributed by atoms with Gasteiger partial charge in [0.2, 0.25) is 0 Å². The standard InChI is InChI=1S/C43H56FN9O6/c1-7-32-34(44)11-10-28-20-31(59-27-56-6)22-37(38(28)32)50-19-13-33-36(24-50)45-41(58-26-43-14-8-17-52(43)29(12-15-43)25-57-42(55)49(4)5)46-39(33)51-16-9-18-53-30(23-51)21-35(47-53)40(54)48(2)3/h10-11,20-22,29H,7-9,12-19,23-27H2,1-6H3/t29-,43+/m0/s1.